The van der Waals surface area contributed by atoms with Crippen LogP contribution >= 0.6 is 27.7 Å². The number of carbonyl (C=O) groups is 2. The van der Waals surface area contributed by atoms with Crippen LogP contribution in [0.25, 0.3) is 0 Å². The van der Waals surface area contributed by atoms with Gasteiger partial charge in [0.15, 0.2) is 5.41 Å². The minimum absolute atomic E-state index is 0.141. The van der Waals surface area contributed by atoms with Crippen molar-refractivity contribution >= 4 is 45.3 Å². The lowest BCUT2D eigenvalue weighted by atomic mass is 9.83. The lowest BCUT2D eigenvalue weighted by molar-refractivity contribution is -0.168. The van der Waals surface area contributed by atoms with Crippen molar-refractivity contribution in [2.24, 2.45) is 5.41 Å². The quantitative estimate of drug-likeness (QED) is 0.519. The minimum Gasteiger partial charge on any atom is -0.468 e. The Morgan fingerprint density at radius 3 is 2.41 bits per heavy atom. The Labute approximate surface area is 170 Å². The fourth-order valence-corrected chi connectivity index (χ4v) is 5.92. The first-order valence-electron chi connectivity index (χ1n) is 8.49. The first kappa shape index (κ1) is 18.4. The van der Waals surface area contributed by atoms with Crippen molar-refractivity contribution in [3.8, 4) is 0 Å². The number of halogens is 1. The smallest absolute Gasteiger partial charge is 0.326 e. The SMILES string of the molecule is COC(=O)C1(C(=O)OC)C[C@@H](c2ccccc2)N2c3cc(Br)ccc3S[C@@H]21. The lowest BCUT2D eigenvalue weighted by Gasteiger charge is -2.30. The monoisotopic (exact) mass is 447 g/mol. The highest BCUT2D eigenvalue weighted by atomic mass is 79.9. The van der Waals surface area contributed by atoms with E-state index in [-0.39, 0.29) is 6.04 Å². The van der Waals surface area contributed by atoms with E-state index >= 15 is 0 Å². The van der Waals surface area contributed by atoms with Crippen molar-refractivity contribution in [3.05, 3.63) is 58.6 Å². The number of hydrogen-bond acceptors (Lipinski definition) is 6. The summed E-state index contributed by atoms with van der Waals surface area (Å²) in [7, 11) is 2.63. The summed E-state index contributed by atoms with van der Waals surface area (Å²) in [6.07, 6.45) is 0.306. The third-order valence-corrected chi connectivity index (χ3v) is 7.19. The van der Waals surface area contributed by atoms with Crippen LogP contribution in [0.3, 0.4) is 0 Å². The summed E-state index contributed by atoms with van der Waals surface area (Å²) in [4.78, 5) is 29.0. The van der Waals surface area contributed by atoms with Crippen LogP contribution in [-0.2, 0) is 19.1 Å². The van der Waals surface area contributed by atoms with Gasteiger partial charge in [0.1, 0.15) is 5.37 Å². The summed E-state index contributed by atoms with van der Waals surface area (Å²) < 4.78 is 11.1. The van der Waals surface area contributed by atoms with E-state index in [9.17, 15) is 9.59 Å². The molecule has 0 radical (unpaired) electrons. The van der Waals surface area contributed by atoms with Gasteiger partial charge in [-0.25, -0.2) is 0 Å². The topological polar surface area (TPSA) is 55.8 Å². The van der Waals surface area contributed by atoms with Crippen LogP contribution in [0.1, 0.15) is 18.0 Å². The molecule has 0 aliphatic carbocycles. The maximum absolute atomic E-state index is 12.9. The number of ether oxygens (including phenoxy) is 2. The highest BCUT2D eigenvalue weighted by Crippen LogP contribution is 2.62. The van der Waals surface area contributed by atoms with Gasteiger partial charge in [-0.3, -0.25) is 9.59 Å². The van der Waals surface area contributed by atoms with E-state index in [2.05, 4.69) is 20.8 Å². The summed E-state index contributed by atoms with van der Waals surface area (Å²) in [5.74, 6) is -1.11. The molecule has 1 saturated heterocycles. The fraction of sp³-hybridized carbons (Fsp3) is 0.300. The summed E-state index contributed by atoms with van der Waals surface area (Å²) in [5.41, 5.74) is 0.661. The molecule has 0 unspecified atom stereocenters. The molecule has 4 rings (SSSR count). The highest BCUT2D eigenvalue weighted by molar-refractivity contribution is 9.10. The van der Waals surface area contributed by atoms with Gasteiger partial charge in [0, 0.05) is 15.8 Å². The van der Waals surface area contributed by atoms with Crippen LogP contribution < -0.4 is 4.90 Å². The molecule has 2 heterocycles. The van der Waals surface area contributed by atoms with E-state index < -0.39 is 22.7 Å². The lowest BCUT2D eigenvalue weighted by Crippen LogP contribution is -2.48. The largest absolute Gasteiger partial charge is 0.468 e. The molecule has 2 aliphatic rings. The molecule has 140 valence electrons. The van der Waals surface area contributed by atoms with Gasteiger partial charge in [-0.15, -0.1) is 0 Å². The normalized spacial score (nSPS) is 22.1. The van der Waals surface area contributed by atoms with E-state index in [1.54, 1.807) is 0 Å². The zero-order chi connectivity index (χ0) is 19.2. The number of esters is 2. The van der Waals surface area contributed by atoms with Gasteiger partial charge in [0.2, 0.25) is 0 Å². The van der Waals surface area contributed by atoms with E-state index in [1.807, 2.05) is 48.5 Å². The third-order valence-electron chi connectivity index (χ3n) is 5.25. The van der Waals surface area contributed by atoms with Gasteiger partial charge >= 0.3 is 11.9 Å². The summed E-state index contributed by atoms with van der Waals surface area (Å²) in [6.45, 7) is 0. The molecule has 0 amide bonds. The Morgan fingerprint density at radius 2 is 1.78 bits per heavy atom. The molecule has 0 spiro atoms. The Bertz CT molecular complexity index is 888. The van der Waals surface area contributed by atoms with Crippen LogP contribution in [0.5, 0.6) is 0 Å². The van der Waals surface area contributed by atoms with Crippen molar-refractivity contribution in [2.75, 3.05) is 19.1 Å². The number of rotatable bonds is 3. The zero-order valence-corrected chi connectivity index (χ0v) is 17.2. The number of anilines is 1. The molecule has 2 aromatic carbocycles. The van der Waals surface area contributed by atoms with Crippen LogP contribution in [0.2, 0.25) is 0 Å². The molecule has 27 heavy (non-hydrogen) atoms. The molecule has 7 heteroatoms. The van der Waals surface area contributed by atoms with Crippen molar-refractivity contribution in [1.82, 2.24) is 0 Å². The standard InChI is InChI=1S/C20H18BrNO4S/c1-25-18(23)20(19(24)26-2)11-15(12-6-4-3-5-7-12)22-14-10-13(21)8-9-16(14)27-17(20)22/h3-10,15,17H,11H2,1-2H3/t15-,17+/m0/s1. The number of methoxy groups -OCH3 is 2. The van der Waals surface area contributed by atoms with Crippen molar-refractivity contribution < 1.29 is 19.1 Å². The molecular formula is C20H18BrNO4S. The first-order valence-corrected chi connectivity index (χ1v) is 10.2. The molecule has 1 fully saturated rings. The molecule has 2 aromatic rings. The summed E-state index contributed by atoms with van der Waals surface area (Å²) in [5, 5.41) is -0.424. The predicted molar refractivity (Wildman–Crippen MR) is 107 cm³/mol. The Kier molecular flexibility index (Phi) is 4.68. The van der Waals surface area contributed by atoms with E-state index in [1.165, 1.54) is 26.0 Å². The van der Waals surface area contributed by atoms with Gasteiger partial charge in [-0.2, -0.15) is 0 Å². The molecule has 0 bridgehead atoms. The van der Waals surface area contributed by atoms with Crippen LogP contribution in [0.15, 0.2) is 57.9 Å². The fourth-order valence-electron chi connectivity index (χ4n) is 4.04. The second-order valence-electron chi connectivity index (χ2n) is 6.57. The van der Waals surface area contributed by atoms with Crippen LogP contribution in [-0.4, -0.2) is 31.5 Å². The molecule has 0 N–H and O–H groups in total. The zero-order valence-electron chi connectivity index (χ0n) is 14.8. The number of nitrogens with zero attached hydrogens (tertiary/aromatic N) is 1. The molecule has 5 nitrogen and oxygen atoms in total. The Morgan fingerprint density at radius 1 is 1.11 bits per heavy atom. The van der Waals surface area contributed by atoms with E-state index in [0.717, 1.165) is 20.6 Å². The number of carbonyl (C=O) groups excluding carboxylic acids is 2. The van der Waals surface area contributed by atoms with Crippen LogP contribution in [0, 0.1) is 5.41 Å². The van der Waals surface area contributed by atoms with Gasteiger partial charge < -0.3 is 14.4 Å². The average Bonchev–Trinajstić information content (AvgIpc) is 3.23. The summed E-state index contributed by atoms with van der Waals surface area (Å²) >= 11 is 5.04. The Balaban J connectivity index is 1.91. The second-order valence-corrected chi connectivity index (χ2v) is 8.61. The van der Waals surface area contributed by atoms with Crippen molar-refractivity contribution in [1.29, 1.82) is 0 Å². The van der Waals surface area contributed by atoms with Crippen molar-refractivity contribution in [3.63, 3.8) is 0 Å². The van der Waals surface area contributed by atoms with E-state index in [4.69, 9.17) is 9.47 Å². The van der Waals surface area contributed by atoms with E-state index in [0.29, 0.717) is 6.42 Å². The molecule has 0 saturated carbocycles. The number of hydrogen-bond donors (Lipinski definition) is 0. The van der Waals surface area contributed by atoms with Gasteiger partial charge in [0.05, 0.1) is 25.9 Å². The maximum atomic E-state index is 12.9. The van der Waals surface area contributed by atoms with Gasteiger partial charge in [-0.1, -0.05) is 58.0 Å². The van der Waals surface area contributed by atoms with Crippen LogP contribution in [0.4, 0.5) is 5.69 Å². The predicted octanol–water partition coefficient (Wildman–Crippen LogP) is 4.16. The van der Waals surface area contributed by atoms with Gasteiger partial charge in [0.25, 0.3) is 0 Å². The number of thioether (sulfide) groups is 1. The molecule has 0 aromatic heterocycles. The average molecular weight is 448 g/mol. The minimum atomic E-state index is -1.39. The van der Waals surface area contributed by atoms with Gasteiger partial charge in [-0.05, 0) is 23.8 Å². The molecule has 2 aliphatic heterocycles. The molecular weight excluding hydrogens is 430 g/mol. The Hall–Kier alpha value is -1.99. The third kappa shape index (κ3) is 2.67. The maximum Gasteiger partial charge on any atom is 0.326 e. The second kappa shape index (κ2) is 6.87. The first-order chi connectivity index (χ1) is 13.0. The van der Waals surface area contributed by atoms with Crippen molar-refractivity contribution in [2.45, 2.75) is 22.7 Å². The molecule has 2 atom stereocenters. The number of benzene rings is 2. The summed E-state index contributed by atoms with van der Waals surface area (Å²) in [6, 6.07) is 15.8. The number of fused-ring (bicyclic) bond motifs is 3. The highest BCUT2D eigenvalue weighted by Gasteiger charge is 2.66.